The van der Waals surface area contributed by atoms with Gasteiger partial charge in [-0.2, -0.15) is 0 Å². The van der Waals surface area contributed by atoms with Gasteiger partial charge in [0.05, 0.1) is 6.26 Å². The number of hydrogen-bond acceptors (Lipinski definition) is 2. The number of rotatable bonds is 2. The lowest BCUT2D eigenvalue weighted by Gasteiger charge is -1.93. The third-order valence-electron chi connectivity index (χ3n) is 1.35. The van der Waals surface area contributed by atoms with Gasteiger partial charge in [0.1, 0.15) is 0 Å². The van der Waals surface area contributed by atoms with Gasteiger partial charge in [0.15, 0.2) is 5.78 Å². The molecular weight excluding hydrogens is 176 g/mol. The Morgan fingerprint density at radius 2 is 1.92 bits per heavy atom. The number of allylic oxidation sites excluding steroid dienone is 1. The molecule has 1 aromatic carbocycles. The van der Waals surface area contributed by atoms with Gasteiger partial charge in [-0.3, -0.25) is 4.79 Å². The third-order valence-corrected chi connectivity index (χ3v) is 1.61. The quantitative estimate of drug-likeness (QED) is 0.434. The molecule has 0 radical (unpaired) electrons. The van der Waals surface area contributed by atoms with Crippen LogP contribution in [0.4, 0.5) is 0 Å². The van der Waals surface area contributed by atoms with E-state index in [1.807, 2.05) is 0 Å². The molecule has 1 aromatic rings. The summed E-state index contributed by atoms with van der Waals surface area (Å²) in [5, 5.41) is 8.91. The molecule has 12 heavy (non-hydrogen) atoms. The monoisotopic (exact) mass is 182 g/mol. The van der Waals surface area contributed by atoms with E-state index in [4.69, 9.17) is 16.7 Å². The predicted octanol–water partition coefficient (Wildman–Crippen LogP) is 2.59. The highest BCUT2D eigenvalue weighted by Crippen LogP contribution is 2.09. The van der Waals surface area contributed by atoms with Gasteiger partial charge in [0, 0.05) is 16.7 Å². The molecule has 0 aliphatic rings. The van der Waals surface area contributed by atoms with Gasteiger partial charge in [-0.25, -0.2) is 0 Å². The zero-order valence-electron chi connectivity index (χ0n) is 6.20. The van der Waals surface area contributed by atoms with Gasteiger partial charge >= 0.3 is 0 Å². The SMILES string of the molecule is O=C(/C=C/O)c1ccc(Cl)cc1. The lowest BCUT2D eigenvalue weighted by Crippen LogP contribution is -1.92. The first-order chi connectivity index (χ1) is 5.74. The number of halogens is 1. The average molecular weight is 183 g/mol. The van der Waals surface area contributed by atoms with Gasteiger partial charge in [-0.1, -0.05) is 11.6 Å². The lowest BCUT2D eigenvalue weighted by molar-refractivity contribution is 0.104. The molecule has 0 spiro atoms. The molecule has 0 atom stereocenters. The zero-order chi connectivity index (χ0) is 8.97. The van der Waals surface area contributed by atoms with Gasteiger partial charge < -0.3 is 5.11 Å². The van der Waals surface area contributed by atoms with E-state index in [2.05, 4.69) is 0 Å². The van der Waals surface area contributed by atoms with Crippen LogP contribution in [0.1, 0.15) is 10.4 Å². The molecule has 3 heteroatoms. The molecule has 0 saturated heterocycles. The van der Waals surface area contributed by atoms with Crippen LogP contribution in [0.15, 0.2) is 36.6 Å². The number of aliphatic hydroxyl groups is 1. The summed E-state index contributed by atoms with van der Waals surface area (Å²) in [5.41, 5.74) is 0.504. The summed E-state index contributed by atoms with van der Waals surface area (Å²) in [4.78, 5) is 11.1. The van der Waals surface area contributed by atoms with E-state index in [-0.39, 0.29) is 5.78 Å². The maximum absolute atomic E-state index is 11.1. The van der Waals surface area contributed by atoms with Crippen LogP contribution in [0, 0.1) is 0 Å². The number of hydrogen-bond donors (Lipinski definition) is 1. The van der Waals surface area contributed by atoms with Crippen molar-refractivity contribution in [2.75, 3.05) is 0 Å². The van der Waals surface area contributed by atoms with Crippen molar-refractivity contribution in [1.82, 2.24) is 0 Å². The zero-order valence-corrected chi connectivity index (χ0v) is 6.95. The highest BCUT2D eigenvalue weighted by Gasteiger charge is 1.99. The smallest absolute Gasteiger partial charge is 0.188 e. The summed E-state index contributed by atoms with van der Waals surface area (Å²) < 4.78 is 0. The van der Waals surface area contributed by atoms with E-state index in [0.29, 0.717) is 10.6 Å². The minimum atomic E-state index is -0.242. The second kappa shape index (κ2) is 3.93. The summed E-state index contributed by atoms with van der Waals surface area (Å²) in [6.45, 7) is 0. The van der Waals surface area contributed by atoms with Crippen molar-refractivity contribution in [3.05, 3.63) is 47.2 Å². The normalized spacial score (nSPS) is 10.4. The first-order valence-corrected chi connectivity index (χ1v) is 3.72. The minimum Gasteiger partial charge on any atom is -0.515 e. The van der Waals surface area contributed by atoms with E-state index in [1.165, 1.54) is 0 Å². The van der Waals surface area contributed by atoms with Crippen LogP contribution in [0.5, 0.6) is 0 Å². The van der Waals surface area contributed by atoms with E-state index in [9.17, 15) is 4.79 Å². The molecule has 0 unspecified atom stereocenters. The Labute approximate surface area is 75.1 Å². The molecule has 0 amide bonds. The molecule has 62 valence electrons. The number of carbonyl (C=O) groups excluding carboxylic acids is 1. The van der Waals surface area contributed by atoms with Crippen LogP contribution >= 0.6 is 11.6 Å². The van der Waals surface area contributed by atoms with E-state index in [1.54, 1.807) is 24.3 Å². The van der Waals surface area contributed by atoms with E-state index >= 15 is 0 Å². The molecule has 0 aromatic heterocycles. The van der Waals surface area contributed by atoms with Crippen LogP contribution in [-0.2, 0) is 0 Å². The molecule has 0 bridgehead atoms. The Bertz CT molecular complexity index is 301. The molecule has 1 N–H and O–H groups in total. The van der Waals surface area contributed by atoms with Crippen molar-refractivity contribution < 1.29 is 9.90 Å². The fourth-order valence-corrected chi connectivity index (χ4v) is 0.904. The maximum atomic E-state index is 11.1. The van der Waals surface area contributed by atoms with Gasteiger partial charge in [-0.05, 0) is 24.3 Å². The van der Waals surface area contributed by atoms with Gasteiger partial charge in [0.2, 0.25) is 0 Å². The number of ketones is 1. The second-order valence-electron chi connectivity index (χ2n) is 2.19. The summed E-state index contributed by atoms with van der Waals surface area (Å²) in [5.74, 6) is -0.242. The Balaban J connectivity index is 2.90. The summed E-state index contributed by atoms with van der Waals surface area (Å²) in [7, 11) is 0. The van der Waals surface area contributed by atoms with Crippen LogP contribution in [-0.4, -0.2) is 10.9 Å². The van der Waals surface area contributed by atoms with Crippen LogP contribution in [0.25, 0.3) is 0 Å². The Kier molecular flexibility index (Phi) is 2.88. The second-order valence-corrected chi connectivity index (χ2v) is 2.62. The average Bonchev–Trinajstić information content (AvgIpc) is 2.06. The van der Waals surface area contributed by atoms with Crippen molar-refractivity contribution in [3.63, 3.8) is 0 Å². The molecule has 0 saturated carbocycles. The van der Waals surface area contributed by atoms with Crippen LogP contribution < -0.4 is 0 Å². The Hall–Kier alpha value is -1.28. The summed E-state index contributed by atoms with van der Waals surface area (Å²) in [6, 6.07) is 6.45. The van der Waals surface area contributed by atoms with E-state index < -0.39 is 0 Å². The van der Waals surface area contributed by atoms with Crippen molar-refractivity contribution in [2.45, 2.75) is 0 Å². The lowest BCUT2D eigenvalue weighted by atomic mass is 10.1. The first-order valence-electron chi connectivity index (χ1n) is 3.34. The number of carbonyl (C=O) groups is 1. The fraction of sp³-hybridized carbons (Fsp3) is 0. The Morgan fingerprint density at radius 3 is 2.42 bits per heavy atom. The molecule has 2 nitrogen and oxygen atoms in total. The molecular formula is C9H7ClO2. The van der Waals surface area contributed by atoms with E-state index in [0.717, 1.165) is 12.3 Å². The van der Waals surface area contributed by atoms with Gasteiger partial charge in [-0.15, -0.1) is 0 Å². The standard InChI is InChI=1S/C9H7ClO2/c10-8-3-1-7(2-4-8)9(12)5-6-11/h1-6,11H/b6-5+. The fourth-order valence-electron chi connectivity index (χ4n) is 0.778. The Morgan fingerprint density at radius 1 is 1.33 bits per heavy atom. The molecule has 0 fully saturated rings. The largest absolute Gasteiger partial charge is 0.515 e. The van der Waals surface area contributed by atoms with Crippen LogP contribution in [0.3, 0.4) is 0 Å². The summed E-state index contributed by atoms with van der Waals surface area (Å²) in [6.07, 6.45) is 1.81. The summed E-state index contributed by atoms with van der Waals surface area (Å²) >= 11 is 5.61. The molecule has 0 aliphatic carbocycles. The topological polar surface area (TPSA) is 37.3 Å². The van der Waals surface area contributed by atoms with Crippen molar-refractivity contribution in [3.8, 4) is 0 Å². The number of benzene rings is 1. The molecule has 0 aliphatic heterocycles. The maximum Gasteiger partial charge on any atom is 0.188 e. The van der Waals surface area contributed by atoms with Crippen LogP contribution in [0.2, 0.25) is 5.02 Å². The van der Waals surface area contributed by atoms with Gasteiger partial charge in [0.25, 0.3) is 0 Å². The minimum absolute atomic E-state index is 0.242. The van der Waals surface area contributed by atoms with Crippen molar-refractivity contribution >= 4 is 17.4 Å². The molecule has 1 rings (SSSR count). The third kappa shape index (κ3) is 2.10. The van der Waals surface area contributed by atoms with Crippen molar-refractivity contribution in [2.24, 2.45) is 0 Å². The number of aliphatic hydroxyl groups excluding tert-OH is 1. The van der Waals surface area contributed by atoms with Crippen molar-refractivity contribution in [1.29, 1.82) is 0 Å². The highest BCUT2D eigenvalue weighted by atomic mass is 35.5. The highest BCUT2D eigenvalue weighted by molar-refractivity contribution is 6.30. The first kappa shape index (κ1) is 8.81. The molecule has 0 heterocycles. The predicted molar refractivity (Wildman–Crippen MR) is 47.6 cm³/mol.